The molecule has 0 N–H and O–H groups in total. The molecule has 4 unspecified atom stereocenters. The van der Waals surface area contributed by atoms with Crippen LogP contribution in [0.1, 0.15) is 62.6 Å². The van der Waals surface area contributed by atoms with E-state index < -0.39 is 0 Å². The molecular weight excluding hydrogens is 319 g/mol. The van der Waals surface area contributed by atoms with Crippen molar-refractivity contribution in [2.24, 2.45) is 17.8 Å². The molecule has 0 aliphatic heterocycles. The zero-order chi connectivity index (χ0) is 18.0. The molecule has 0 radical (unpaired) electrons. The van der Waals surface area contributed by atoms with Gasteiger partial charge in [0.05, 0.1) is 0 Å². The topological polar surface area (TPSA) is 0 Å². The van der Waals surface area contributed by atoms with Crippen molar-refractivity contribution >= 4 is 19.2 Å². The summed E-state index contributed by atoms with van der Waals surface area (Å²) in [6, 6.07) is 15.9. The quantitative estimate of drug-likeness (QED) is 0.583. The van der Waals surface area contributed by atoms with Crippen molar-refractivity contribution in [1.29, 1.82) is 0 Å². The number of hydrogen-bond donors (Lipinski definition) is 0. The highest BCUT2D eigenvalue weighted by Gasteiger charge is 2.32. The van der Waals surface area contributed by atoms with Crippen LogP contribution in [-0.4, -0.2) is 0 Å². The van der Waals surface area contributed by atoms with Crippen molar-refractivity contribution in [2.45, 2.75) is 59.8 Å². The predicted molar refractivity (Wildman–Crippen MR) is 114 cm³/mol. The van der Waals surface area contributed by atoms with Gasteiger partial charge in [-0.3, -0.25) is 0 Å². The molecule has 0 bridgehead atoms. The van der Waals surface area contributed by atoms with E-state index in [4.69, 9.17) is 0 Å². The summed E-state index contributed by atoms with van der Waals surface area (Å²) in [7, 11) is 0.766. The molecule has 1 heteroatoms. The summed E-state index contributed by atoms with van der Waals surface area (Å²) < 4.78 is 0. The Morgan fingerprint density at radius 1 is 0.920 bits per heavy atom. The van der Waals surface area contributed by atoms with Crippen molar-refractivity contribution in [1.82, 2.24) is 0 Å². The van der Waals surface area contributed by atoms with Gasteiger partial charge in [0.15, 0.2) is 0 Å². The first-order chi connectivity index (χ1) is 12.0. The Kier molecular flexibility index (Phi) is 6.00. The minimum absolute atomic E-state index is 0.741. The van der Waals surface area contributed by atoms with Crippen LogP contribution in [0, 0.1) is 31.6 Å². The van der Waals surface area contributed by atoms with Gasteiger partial charge in [0, 0.05) is 0 Å². The third-order valence-corrected chi connectivity index (χ3v) is 7.85. The van der Waals surface area contributed by atoms with Crippen LogP contribution in [-0.2, 0) is 0 Å². The number of aryl methyl sites for hydroxylation is 1. The number of benzene rings is 2. The summed E-state index contributed by atoms with van der Waals surface area (Å²) >= 11 is 0. The van der Waals surface area contributed by atoms with Crippen LogP contribution in [0.5, 0.6) is 0 Å². The lowest BCUT2D eigenvalue weighted by molar-refractivity contribution is 0.197. The largest absolute Gasteiger partial charge is 0.0625 e. The molecule has 1 fully saturated rings. The van der Waals surface area contributed by atoms with Crippen LogP contribution >= 0.6 is 8.58 Å². The lowest BCUT2D eigenvalue weighted by Crippen LogP contribution is -2.27. The highest BCUT2D eigenvalue weighted by Crippen LogP contribution is 2.44. The molecule has 4 atom stereocenters. The fourth-order valence-corrected chi connectivity index (χ4v) is 5.87. The molecule has 2 aromatic rings. The van der Waals surface area contributed by atoms with Gasteiger partial charge < -0.3 is 0 Å². The Hall–Kier alpha value is -1.13. The molecule has 0 aromatic heterocycles. The molecule has 0 amide bonds. The summed E-state index contributed by atoms with van der Waals surface area (Å²) in [5.41, 5.74) is 4.59. The molecule has 0 spiro atoms. The Bertz CT molecular complexity index is 716. The van der Waals surface area contributed by atoms with Crippen molar-refractivity contribution in [2.75, 3.05) is 0 Å². The molecule has 1 aliphatic rings. The number of rotatable bonds is 4. The first kappa shape index (κ1) is 18.7. The fourth-order valence-electron chi connectivity index (χ4n) is 4.61. The molecule has 1 saturated carbocycles. The van der Waals surface area contributed by atoms with E-state index in [1.54, 1.807) is 11.1 Å². The normalized spacial score (nSPS) is 24.3. The van der Waals surface area contributed by atoms with Crippen molar-refractivity contribution in [3.63, 3.8) is 0 Å². The van der Waals surface area contributed by atoms with Gasteiger partial charge in [0.2, 0.25) is 0 Å². The third-order valence-electron chi connectivity index (χ3n) is 6.21. The van der Waals surface area contributed by atoms with E-state index in [1.807, 2.05) is 0 Å². The van der Waals surface area contributed by atoms with E-state index >= 15 is 0 Å². The highest BCUT2D eigenvalue weighted by atomic mass is 31.1. The minimum atomic E-state index is 0.741. The Morgan fingerprint density at radius 3 is 2.36 bits per heavy atom. The van der Waals surface area contributed by atoms with E-state index in [0.717, 1.165) is 32.3 Å². The molecule has 0 nitrogen and oxygen atoms in total. The van der Waals surface area contributed by atoms with Gasteiger partial charge in [-0.15, -0.1) is 0 Å². The molecule has 0 heterocycles. The van der Waals surface area contributed by atoms with Crippen molar-refractivity contribution in [3.8, 4) is 0 Å². The number of hydrogen-bond acceptors (Lipinski definition) is 0. The highest BCUT2D eigenvalue weighted by molar-refractivity contribution is 7.55. The van der Waals surface area contributed by atoms with Crippen LogP contribution in [0.4, 0.5) is 0 Å². The summed E-state index contributed by atoms with van der Waals surface area (Å²) in [6.45, 7) is 11.9. The van der Waals surface area contributed by atoms with E-state index in [1.165, 1.54) is 35.4 Å². The maximum absolute atomic E-state index is 2.44. The van der Waals surface area contributed by atoms with Gasteiger partial charge in [-0.25, -0.2) is 0 Å². The van der Waals surface area contributed by atoms with Crippen molar-refractivity contribution < 1.29 is 0 Å². The second kappa shape index (κ2) is 8.05. The summed E-state index contributed by atoms with van der Waals surface area (Å²) in [4.78, 5) is 0. The molecule has 25 heavy (non-hydrogen) atoms. The first-order valence-corrected chi connectivity index (χ1v) is 10.9. The first-order valence-electron chi connectivity index (χ1n) is 9.89. The Labute approximate surface area is 156 Å². The fraction of sp³-hybridized carbons (Fsp3) is 0.500. The lowest BCUT2D eigenvalue weighted by Gasteiger charge is -2.38. The van der Waals surface area contributed by atoms with Gasteiger partial charge in [-0.2, -0.15) is 0 Å². The summed E-state index contributed by atoms with van der Waals surface area (Å²) in [5, 5.41) is 3.02. The zero-order valence-electron chi connectivity index (χ0n) is 16.5. The second-order valence-corrected chi connectivity index (χ2v) is 9.72. The maximum atomic E-state index is 2.44. The standard InChI is InChI=1S/C24H33P/c1-16(2)20-14-13-17(3)15-22(20)21-10-8-12-24(19(21)5)25-23-11-7-6-9-18(23)4/h6-12,16-17,20,22,25H,13-15H2,1-5H3. The molecule has 134 valence electrons. The SMILES string of the molecule is Cc1ccccc1Pc1cccc(C2CC(C)CCC2C(C)C)c1C. The molecule has 1 aliphatic carbocycles. The lowest BCUT2D eigenvalue weighted by atomic mass is 9.67. The van der Waals surface area contributed by atoms with Crippen LogP contribution in [0.25, 0.3) is 0 Å². The molecule has 2 aromatic carbocycles. The van der Waals surface area contributed by atoms with Gasteiger partial charge in [0.1, 0.15) is 0 Å². The average molecular weight is 353 g/mol. The van der Waals surface area contributed by atoms with E-state index in [0.29, 0.717) is 0 Å². The average Bonchev–Trinajstić information content (AvgIpc) is 2.58. The van der Waals surface area contributed by atoms with E-state index in [2.05, 4.69) is 77.1 Å². The Morgan fingerprint density at radius 2 is 1.64 bits per heavy atom. The second-order valence-electron chi connectivity index (χ2n) is 8.39. The van der Waals surface area contributed by atoms with E-state index in [-0.39, 0.29) is 0 Å². The van der Waals surface area contributed by atoms with Gasteiger partial charge >= 0.3 is 0 Å². The summed E-state index contributed by atoms with van der Waals surface area (Å²) in [5.74, 6) is 3.22. The predicted octanol–water partition coefficient (Wildman–Crippen LogP) is 6.11. The molecular formula is C24H33P. The van der Waals surface area contributed by atoms with Gasteiger partial charge in [-0.1, -0.05) is 78.2 Å². The minimum Gasteiger partial charge on any atom is -0.0625 e. The molecule has 0 saturated heterocycles. The maximum Gasteiger partial charge on any atom is -0.0126 e. The van der Waals surface area contributed by atoms with Crippen LogP contribution in [0.3, 0.4) is 0 Å². The Balaban J connectivity index is 1.93. The monoisotopic (exact) mass is 352 g/mol. The van der Waals surface area contributed by atoms with Crippen molar-refractivity contribution in [3.05, 3.63) is 59.2 Å². The molecule has 3 rings (SSSR count). The van der Waals surface area contributed by atoms with Crippen LogP contribution in [0.2, 0.25) is 0 Å². The smallest absolute Gasteiger partial charge is 0.0126 e. The zero-order valence-corrected chi connectivity index (χ0v) is 17.5. The van der Waals surface area contributed by atoms with Gasteiger partial charge in [-0.05, 0) is 77.7 Å². The third kappa shape index (κ3) is 4.17. The van der Waals surface area contributed by atoms with Crippen LogP contribution < -0.4 is 10.6 Å². The van der Waals surface area contributed by atoms with Gasteiger partial charge in [0.25, 0.3) is 0 Å². The van der Waals surface area contributed by atoms with E-state index in [9.17, 15) is 0 Å². The van der Waals surface area contributed by atoms with Crippen LogP contribution in [0.15, 0.2) is 42.5 Å². The summed E-state index contributed by atoms with van der Waals surface area (Å²) in [6.07, 6.45) is 4.16.